The zero-order valence-electron chi connectivity index (χ0n) is 11.5. The van der Waals surface area contributed by atoms with Crippen molar-refractivity contribution in [2.75, 3.05) is 6.54 Å². The molecule has 114 valence electrons. The third-order valence-corrected chi connectivity index (χ3v) is 3.17. The first-order valence-corrected chi connectivity index (χ1v) is 6.13. The molecule has 1 aromatic rings. The van der Waals surface area contributed by atoms with E-state index in [4.69, 9.17) is 5.73 Å². The van der Waals surface area contributed by atoms with Gasteiger partial charge in [-0.3, -0.25) is 4.79 Å². The van der Waals surface area contributed by atoms with E-state index in [2.05, 4.69) is 10.4 Å². The Morgan fingerprint density at radius 3 is 2.60 bits per heavy atom. The van der Waals surface area contributed by atoms with Crippen LogP contribution in [0.1, 0.15) is 26.7 Å². The van der Waals surface area contributed by atoms with E-state index in [1.165, 1.54) is 16.9 Å². The Morgan fingerprint density at radius 2 is 2.15 bits per heavy atom. The fourth-order valence-corrected chi connectivity index (χ4v) is 1.51. The summed E-state index contributed by atoms with van der Waals surface area (Å²) in [6.07, 6.45) is 2.92. The topological polar surface area (TPSA) is 116 Å². The second-order valence-corrected chi connectivity index (χ2v) is 4.47. The van der Waals surface area contributed by atoms with Gasteiger partial charge in [0.05, 0.1) is 17.4 Å². The molecule has 0 unspecified atom stereocenters. The molecule has 0 aliphatic heterocycles. The van der Waals surface area contributed by atoms with Crippen molar-refractivity contribution in [1.29, 1.82) is 0 Å². The molecule has 0 bridgehead atoms. The van der Waals surface area contributed by atoms with Gasteiger partial charge in [0.2, 0.25) is 5.91 Å². The highest BCUT2D eigenvalue weighted by Crippen LogP contribution is 2.09. The number of nitrogens with two attached hydrogens (primary N) is 1. The van der Waals surface area contributed by atoms with Gasteiger partial charge in [0.25, 0.3) is 0 Å². The van der Waals surface area contributed by atoms with Crippen LogP contribution in [0.2, 0.25) is 0 Å². The molecule has 20 heavy (non-hydrogen) atoms. The summed E-state index contributed by atoms with van der Waals surface area (Å²) >= 11 is 0. The molecule has 0 aliphatic carbocycles. The predicted octanol–water partition coefficient (Wildman–Crippen LogP) is 0.847. The minimum absolute atomic E-state index is 0. The number of carbonyl (C=O) groups is 1. The van der Waals surface area contributed by atoms with Crippen LogP contribution in [0.3, 0.4) is 0 Å². The number of carbonyl (C=O) groups excluding carboxylic acids is 1. The lowest BCUT2D eigenvalue weighted by Gasteiger charge is -2.26. The SMILES string of the molecule is CCC(N)(CC)CNC(=O)Cn1ccc([N+](=O)[O-])n1.Cl. The van der Waals surface area contributed by atoms with Crippen molar-refractivity contribution in [2.45, 2.75) is 38.8 Å². The highest BCUT2D eigenvalue weighted by molar-refractivity contribution is 5.85. The monoisotopic (exact) mass is 305 g/mol. The third kappa shape index (κ3) is 5.14. The van der Waals surface area contributed by atoms with Crippen LogP contribution in [-0.4, -0.2) is 32.7 Å². The molecule has 1 aromatic heterocycles. The number of nitrogens with zero attached hydrogens (tertiary/aromatic N) is 3. The van der Waals surface area contributed by atoms with E-state index in [0.717, 1.165) is 12.8 Å². The number of amides is 1. The van der Waals surface area contributed by atoms with Crippen molar-refractivity contribution >= 4 is 24.1 Å². The summed E-state index contributed by atoms with van der Waals surface area (Å²) < 4.78 is 1.23. The van der Waals surface area contributed by atoms with Gasteiger partial charge in [0.15, 0.2) is 0 Å². The molecule has 0 radical (unpaired) electrons. The van der Waals surface area contributed by atoms with Crippen LogP contribution >= 0.6 is 12.4 Å². The van der Waals surface area contributed by atoms with E-state index < -0.39 is 10.5 Å². The molecule has 1 rings (SSSR count). The van der Waals surface area contributed by atoms with E-state index in [1.54, 1.807) is 0 Å². The summed E-state index contributed by atoms with van der Waals surface area (Å²) in [6, 6.07) is 1.25. The molecule has 1 amide bonds. The van der Waals surface area contributed by atoms with E-state index in [-0.39, 0.29) is 30.7 Å². The van der Waals surface area contributed by atoms with Gasteiger partial charge in [-0.1, -0.05) is 13.8 Å². The van der Waals surface area contributed by atoms with E-state index in [0.29, 0.717) is 6.54 Å². The summed E-state index contributed by atoms with van der Waals surface area (Å²) in [4.78, 5) is 21.5. The lowest BCUT2D eigenvalue weighted by molar-refractivity contribution is -0.389. The summed E-state index contributed by atoms with van der Waals surface area (Å²) in [7, 11) is 0. The average Bonchev–Trinajstić information content (AvgIpc) is 2.84. The molecule has 0 saturated heterocycles. The van der Waals surface area contributed by atoms with E-state index in [1.807, 2.05) is 13.8 Å². The van der Waals surface area contributed by atoms with Crippen LogP contribution < -0.4 is 11.1 Å². The second kappa shape index (κ2) is 7.81. The minimum Gasteiger partial charge on any atom is -0.358 e. The maximum Gasteiger partial charge on any atom is 0.389 e. The van der Waals surface area contributed by atoms with Crippen LogP contribution in [0.5, 0.6) is 0 Å². The fraction of sp³-hybridized carbons (Fsp3) is 0.636. The lowest BCUT2D eigenvalue weighted by Crippen LogP contribution is -2.49. The van der Waals surface area contributed by atoms with E-state index in [9.17, 15) is 14.9 Å². The smallest absolute Gasteiger partial charge is 0.358 e. The normalized spacial score (nSPS) is 10.8. The molecule has 9 heteroatoms. The van der Waals surface area contributed by atoms with Crippen molar-refractivity contribution in [2.24, 2.45) is 5.73 Å². The zero-order valence-corrected chi connectivity index (χ0v) is 12.4. The number of aromatic nitrogens is 2. The van der Waals surface area contributed by atoms with Crippen LogP contribution in [-0.2, 0) is 11.3 Å². The summed E-state index contributed by atoms with van der Waals surface area (Å²) in [5, 5.41) is 16.8. The number of nitrogens with one attached hydrogen (secondary N) is 1. The Bertz CT molecular complexity index is 459. The second-order valence-electron chi connectivity index (χ2n) is 4.47. The molecule has 1 heterocycles. The molecule has 0 aliphatic rings. The Hall–Kier alpha value is -1.67. The first kappa shape index (κ1) is 18.3. The highest BCUT2D eigenvalue weighted by Gasteiger charge is 2.21. The predicted molar refractivity (Wildman–Crippen MR) is 76.6 cm³/mol. The minimum atomic E-state index is -0.604. The van der Waals surface area contributed by atoms with Gasteiger partial charge in [0.1, 0.15) is 6.54 Å². The third-order valence-electron chi connectivity index (χ3n) is 3.17. The van der Waals surface area contributed by atoms with Crippen LogP contribution in [0, 0.1) is 10.1 Å². The molecule has 0 aromatic carbocycles. The van der Waals surface area contributed by atoms with Crippen molar-refractivity contribution in [3.63, 3.8) is 0 Å². The molecule has 0 fully saturated rings. The summed E-state index contributed by atoms with van der Waals surface area (Å²) in [6.45, 7) is 4.25. The van der Waals surface area contributed by atoms with Crippen LogP contribution in [0.4, 0.5) is 5.82 Å². The van der Waals surface area contributed by atoms with Gasteiger partial charge in [0, 0.05) is 12.1 Å². The number of halogens is 1. The Labute approximate surface area is 123 Å². The standard InChI is InChI=1S/C11H19N5O3.ClH/c1-3-11(12,4-2)8-13-10(17)7-15-6-5-9(14-15)16(18)19;/h5-6H,3-4,7-8,12H2,1-2H3,(H,13,17);1H. The Kier molecular flexibility index (Phi) is 7.16. The first-order chi connectivity index (χ1) is 8.90. The molecule has 8 nitrogen and oxygen atoms in total. The molecule has 0 spiro atoms. The Balaban J connectivity index is 0.00000361. The largest absolute Gasteiger partial charge is 0.389 e. The highest BCUT2D eigenvalue weighted by atomic mass is 35.5. The first-order valence-electron chi connectivity index (χ1n) is 6.13. The van der Waals surface area contributed by atoms with Gasteiger partial charge < -0.3 is 21.2 Å². The quantitative estimate of drug-likeness (QED) is 0.572. The van der Waals surface area contributed by atoms with Crippen molar-refractivity contribution in [3.05, 3.63) is 22.4 Å². The van der Waals surface area contributed by atoms with Crippen molar-refractivity contribution < 1.29 is 9.72 Å². The summed E-state index contributed by atoms with van der Waals surface area (Å²) in [5.41, 5.74) is 5.64. The van der Waals surface area contributed by atoms with Gasteiger partial charge in [-0.25, -0.2) is 0 Å². The van der Waals surface area contributed by atoms with Crippen LogP contribution in [0.15, 0.2) is 12.3 Å². The number of hydrogen-bond acceptors (Lipinski definition) is 5. The fourth-order valence-electron chi connectivity index (χ4n) is 1.51. The van der Waals surface area contributed by atoms with Gasteiger partial charge >= 0.3 is 5.82 Å². The number of nitro groups is 1. The van der Waals surface area contributed by atoms with Gasteiger partial charge in [-0.05, 0) is 17.8 Å². The van der Waals surface area contributed by atoms with Crippen LogP contribution in [0.25, 0.3) is 0 Å². The molecule has 0 saturated carbocycles. The maximum atomic E-state index is 11.7. The van der Waals surface area contributed by atoms with Gasteiger partial charge in [-0.2, -0.15) is 4.68 Å². The number of hydrogen-bond donors (Lipinski definition) is 2. The average molecular weight is 306 g/mol. The lowest BCUT2D eigenvalue weighted by atomic mass is 9.94. The molecular formula is C11H20ClN5O3. The Morgan fingerprint density at radius 1 is 1.55 bits per heavy atom. The zero-order chi connectivity index (χ0) is 14.5. The van der Waals surface area contributed by atoms with Gasteiger partial charge in [-0.15, -0.1) is 12.4 Å². The maximum absolute atomic E-state index is 11.7. The number of rotatable bonds is 7. The van der Waals surface area contributed by atoms with E-state index >= 15 is 0 Å². The summed E-state index contributed by atoms with van der Waals surface area (Å²) in [5.74, 6) is -0.544. The van der Waals surface area contributed by atoms with Crippen molar-refractivity contribution in [1.82, 2.24) is 15.1 Å². The van der Waals surface area contributed by atoms with Crippen molar-refractivity contribution in [3.8, 4) is 0 Å². The molecular weight excluding hydrogens is 286 g/mol. The molecule has 3 N–H and O–H groups in total. The molecule has 0 atom stereocenters.